The van der Waals surface area contributed by atoms with E-state index in [4.69, 9.17) is 0 Å². The van der Waals surface area contributed by atoms with E-state index in [0.717, 1.165) is 26.2 Å². The van der Waals surface area contributed by atoms with Crippen LogP contribution in [0.25, 0.3) is 0 Å². The summed E-state index contributed by atoms with van der Waals surface area (Å²) in [5.41, 5.74) is 0. The summed E-state index contributed by atoms with van der Waals surface area (Å²) < 4.78 is 0. The smallest absolute Gasteiger partial charge is 0.236 e. The molecule has 2 fully saturated rings. The second kappa shape index (κ2) is 7.10. The molecule has 1 saturated heterocycles. The highest BCUT2D eigenvalue weighted by Crippen LogP contribution is 2.17. The van der Waals surface area contributed by atoms with Gasteiger partial charge in [0.25, 0.3) is 0 Å². The van der Waals surface area contributed by atoms with Crippen LogP contribution in [0, 0.1) is 0 Å². The molecule has 1 N–H and O–H groups in total. The Morgan fingerprint density at radius 2 is 1.67 bits per heavy atom. The fourth-order valence-corrected chi connectivity index (χ4v) is 2.88. The highest BCUT2D eigenvalue weighted by Gasteiger charge is 2.20. The van der Waals surface area contributed by atoms with Gasteiger partial charge in [-0.15, -0.1) is 0 Å². The third-order valence-corrected chi connectivity index (χ3v) is 4.25. The summed E-state index contributed by atoms with van der Waals surface area (Å²) in [6.45, 7) is 4.34. The van der Waals surface area contributed by atoms with Crippen LogP contribution in [0.1, 0.15) is 38.5 Å². The van der Waals surface area contributed by atoms with Crippen molar-refractivity contribution in [1.82, 2.24) is 15.1 Å². The molecule has 0 radical (unpaired) electrons. The maximum absolute atomic E-state index is 12.1. The lowest BCUT2D eigenvalue weighted by molar-refractivity contribution is -0.131. The van der Waals surface area contributed by atoms with Crippen molar-refractivity contribution in [2.24, 2.45) is 0 Å². The number of amides is 1. The average Bonchev–Trinajstić information content (AvgIpc) is 2.65. The molecule has 1 aliphatic carbocycles. The molecule has 18 heavy (non-hydrogen) atoms. The van der Waals surface area contributed by atoms with Crippen LogP contribution in [0.3, 0.4) is 0 Å². The SMILES string of the molecule is CN1CCN(C(=O)CNC2CCCCCC2)CC1. The van der Waals surface area contributed by atoms with E-state index in [1.807, 2.05) is 4.90 Å². The zero-order chi connectivity index (χ0) is 12.8. The van der Waals surface area contributed by atoms with Gasteiger partial charge in [0, 0.05) is 32.2 Å². The van der Waals surface area contributed by atoms with E-state index in [-0.39, 0.29) is 5.91 Å². The van der Waals surface area contributed by atoms with Gasteiger partial charge in [0.05, 0.1) is 6.54 Å². The Morgan fingerprint density at radius 1 is 1.06 bits per heavy atom. The quantitative estimate of drug-likeness (QED) is 0.764. The molecule has 0 unspecified atom stereocenters. The number of carbonyl (C=O) groups is 1. The average molecular weight is 253 g/mol. The van der Waals surface area contributed by atoms with Crippen LogP contribution in [-0.4, -0.2) is 61.5 Å². The molecule has 0 aromatic heterocycles. The summed E-state index contributed by atoms with van der Waals surface area (Å²) in [6.07, 6.45) is 7.86. The van der Waals surface area contributed by atoms with Crippen LogP contribution < -0.4 is 5.32 Å². The Hall–Kier alpha value is -0.610. The lowest BCUT2D eigenvalue weighted by Gasteiger charge is -2.32. The molecular formula is C14H27N3O. The van der Waals surface area contributed by atoms with Gasteiger partial charge in [0.2, 0.25) is 5.91 Å². The number of piperazine rings is 1. The number of likely N-dealkylation sites (N-methyl/N-ethyl adjacent to an activating group) is 1. The Bertz CT molecular complexity index is 254. The maximum Gasteiger partial charge on any atom is 0.236 e. The van der Waals surface area contributed by atoms with Gasteiger partial charge in [-0.3, -0.25) is 4.79 Å². The second-order valence-electron chi connectivity index (χ2n) is 5.75. The topological polar surface area (TPSA) is 35.6 Å². The summed E-state index contributed by atoms with van der Waals surface area (Å²) in [7, 11) is 2.12. The molecule has 2 rings (SSSR count). The van der Waals surface area contributed by atoms with Crippen LogP contribution >= 0.6 is 0 Å². The fourth-order valence-electron chi connectivity index (χ4n) is 2.88. The molecule has 4 heteroatoms. The van der Waals surface area contributed by atoms with Crippen molar-refractivity contribution >= 4 is 5.91 Å². The Labute approximate surface area is 111 Å². The summed E-state index contributed by atoms with van der Waals surface area (Å²) in [6, 6.07) is 0.573. The highest BCUT2D eigenvalue weighted by atomic mass is 16.2. The number of nitrogens with one attached hydrogen (secondary N) is 1. The van der Waals surface area contributed by atoms with Crippen molar-refractivity contribution in [2.75, 3.05) is 39.8 Å². The molecule has 1 saturated carbocycles. The third-order valence-electron chi connectivity index (χ3n) is 4.25. The number of hydrogen-bond acceptors (Lipinski definition) is 3. The minimum Gasteiger partial charge on any atom is -0.339 e. The van der Waals surface area contributed by atoms with E-state index in [1.54, 1.807) is 0 Å². The number of hydrogen-bond donors (Lipinski definition) is 1. The van der Waals surface area contributed by atoms with Gasteiger partial charge < -0.3 is 15.1 Å². The van der Waals surface area contributed by atoms with Crippen LogP contribution in [-0.2, 0) is 4.79 Å². The molecule has 4 nitrogen and oxygen atoms in total. The number of rotatable bonds is 3. The molecule has 1 heterocycles. The van der Waals surface area contributed by atoms with Crippen molar-refractivity contribution in [1.29, 1.82) is 0 Å². The highest BCUT2D eigenvalue weighted by molar-refractivity contribution is 5.78. The van der Waals surface area contributed by atoms with Gasteiger partial charge in [-0.1, -0.05) is 25.7 Å². The summed E-state index contributed by atoms with van der Waals surface area (Å²) in [5, 5.41) is 3.47. The van der Waals surface area contributed by atoms with E-state index in [2.05, 4.69) is 17.3 Å². The first kappa shape index (κ1) is 13.8. The minimum atomic E-state index is 0.285. The maximum atomic E-state index is 12.1. The van der Waals surface area contributed by atoms with E-state index in [9.17, 15) is 4.79 Å². The molecule has 2 aliphatic rings. The van der Waals surface area contributed by atoms with Gasteiger partial charge in [-0.25, -0.2) is 0 Å². The summed E-state index contributed by atoms with van der Waals surface area (Å²) in [5.74, 6) is 0.285. The van der Waals surface area contributed by atoms with E-state index < -0.39 is 0 Å². The molecule has 0 aromatic carbocycles. The Morgan fingerprint density at radius 3 is 2.28 bits per heavy atom. The second-order valence-corrected chi connectivity index (χ2v) is 5.75. The Balaban J connectivity index is 1.67. The summed E-state index contributed by atoms with van der Waals surface area (Å²) >= 11 is 0. The van der Waals surface area contributed by atoms with Gasteiger partial charge >= 0.3 is 0 Å². The van der Waals surface area contributed by atoms with Gasteiger partial charge in [0.1, 0.15) is 0 Å². The van der Waals surface area contributed by atoms with Crippen LogP contribution in [0.5, 0.6) is 0 Å². The molecule has 0 bridgehead atoms. The number of nitrogens with zero attached hydrogens (tertiary/aromatic N) is 2. The van der Waals surface area contributed by atoms with Crippen LogP contribution in [0.4, 0.5) is 0 Å². The van der Waals surface area contributed by atoms with Crippen LogP contribution in [0.2, 0.25) is 0 Å². The first-order chi connectivity index (χ1) is 8.75. The summed E-state index contributed by atoms with van der Waals surface area (Å²) in [4.78, 5) is 16.4. The fraction of sp³-hybridized carbons (Fsp3) is 0.929. The molecule has 0 aromatic rings. The number of carbonyl (C=O) groups excluding carboxylic acids is 1. The van der Waals surface area contributed by atoms with Crippen LogP contribution in [0.15, 0.2) is 0 Å². The lowest BCUT2D eigenvalue weighted by atomic mass is 10.1. The largest absolute Gasteiger partial charge is 0.339 e. The van der Waals surface area contributed by atoms with Crippen molar-refractivity contribution < 1.29 is 4.79 Å². The monoisotopic (exact) mass is 253 g/mol. The Kier molecular flexibility index (Phi) is 5.45. The normalized spacial score (nSPS) is 23.9. The first-order valence-corrected chi connectivity index (χ1v) is 7.45. The van der Waals surface area contributed by atoms with Gasteiger partial charge in [-0.2, -0.15) is 0 Å². The predicted molar refractivity (Wildman–Crippen MR) is 73.6 cm³/mol. The van der Waals surface area contributed by atoms with Gasteiger partial charge in [0.15, 0.2) is 0 Å². The predicted octanol–water partition coefficient (Wildman–Crippen LogP) is 1.07. The van der Waals surface area contributed by atoms with Crippen molar-refractivity contribution in [3.05, 3.63) is 0 Å². The molecular weight excluding hydrogens is 226 g/mol. The van der Waals surface area contributed by atoms with Crippen molar-refractivity contribution in [3.63, 3.8) is 0 Å². The molecule has 1 amide bonds. The van der Waals surface area contributed by atoms with E-state index in [0.29, 0.717) is 12.6 Å². The first-order valence-electron chi connectivity index (χ1n) is 7.45. The van der Waals surface area contributed by atoms with Crippen molar-refractivity contribution in [3.8, 4) is 0 Å². The van der Waals surface area contributed by atoms with E-state index in [1.165, 1.54) is 38.5 Å². The van der Waals surface area contributed by atoms with Crippen molar-refractivity contribution in [2.45, 2.75) is 44.6 Å². The van der Waals surface area contributed by atoms with Gasteiger partial charge in [-0.05, 0) is 19.9 Å². The van der Waals surface area contributed by atoms with E-state index >= 15 is 0 Å². The lowest BCUT2D eigenvalue weighted by Crippen LogP contribution is -2.50. The zero-order valence-corrected chi connectivity index (χ0v) is 11.7. The molecule has 0 spiro atoms. The zero-order valence-electron chi connectivity index (χ0n) is 11.7. The molecule has 1 aliphatic heterocycles. The third kappa shape index (κ3) is 4.25. The molecule has 104 valence electrons. The standard InChI is InChI=1S/C14H27N3O/c1-16-8-10-17(11-9-16)14(18)12-15-13-6-4-2-3-5-7-13/h13,15H,2-12H2,1H3. The minimum absolute atomic E-state index is 0.285. The molecule has 0 atom stereocenters.